The molecule has 138 valence electrons. The summed E-state index contributed by atoms with van der Waals surface area (Å²) in [5.74, 6) is -0.552. The lowest BCUT2D eigenvalue weighted by atomic mass is 10.2. The average Bonchev–Trinajstić information content (AvgIpc) is 3.18. The molecular weight excluding hydrogens is 387 g/mol. The molecule has 4 rings (SSSR count). The van der Waals surface area contributed by atoms with Gasteiger partial charge in [-0.1, -0.05) is 47.2 Å². The number of hydrogen-bond donors (Lipinski definition) is 0. The Morgan fingerprint density at radius 3 is 2.56 bits per heavy atom. The predicted molar refractivity (Wildman–Crippen MR) is 105 cm³/mol. The number of hydrogen-bond acceptors (Lipinski definition) is 5. The number of piperazine rings is 1. The Morgan fingerprint density at radius 1 is 1.04 bits per heavy atom. The van der Waals surface area contributed by atoms with Crippen LogP contribution < -0.4 is 4.90 Å². The number of nitrogens with zero attached hydrogens (tertiary/aromatic N) is 4. The molecule has 2 heterocycles. The molecule has 1 amide bonds. The molecule has 0 atom stereocenters. The number of carbonyl (C=O) groups is 1. The Hall–Kier alpha value is -2.51. The molecule has 1 aliphatic heterocycles. The van der Waals surface area contributed by atoms with Crippen molar-refractivity contribution in [2.45, 2.75) is 0 Å². The normalized spacial score (nSPS) is 14.4. The zero-order valence-electron chi connectivity index (χ0n) is 14.3. The van der Waals surface area contributed by atoms with E-state index in [4.69, 9.17) is 11.6 Å². The summed E-state index contributed by atoms with van der Waals surface area (Å²) in [5.41, 5.74) is 1.24. The highest BCUT2D eigenvalue weighted by Crippen LogP contribution is 2.33. The van der Waals surface area contributed by atoms with Crippen LogP contribution in [0.2, 0.25) is 5.02 Å². The Labute approximate surface area is 165 Å². The SMILES string of the molecule is O=C(c1cccc(F)c1)N1CCN(c2nnc(-c3ccccc3Cl)s2)CC1. The smallest absolute Gasteiger partial charge is 0.254 e. The topological polar surface area (TPSA) is 49.3 Å². The van der Waals surface area contributed by atoms with Gasteiger partial charge in [0.25, 0.3) is 5.91 Å². The van der Waals surface area contributed by atoms with Crippen LogP contribution in [0.3, 0.4) is 0 Å². The van der Waals surface area contributed by atoms with Crippen molar-refractivity contribution >= 4 is 34.0 Å². The summed E-state index contributed by atoms with van der Waals surface area (Å²) in [6, 6.07) is 13.3. The maximum atomic E-state index is 13.3. The lowest BCUT2D eigenvalue weighted by molar-refractivity contribution is 0.0746. The number of amides is 1. The molecule has 1 aliphatic rings. The van der Waals surface area contributed by atoms with Gasteiger partial charge in [0.1, 0.15) is 5.82 Å². The first-order valence-corrected chi connectivity index (χ1v) is 9.69. The fourth-order valence-electron chi connectivity index (χ4n) is 2.99. The molecular formula is C19H16ClFN4OS. The summed E-state index contributed by atoms with van der Waals surface area (Å²) < 4.78 is 13.3. The van der Waals surface area contributed by atoms with Crippen molar-refractivity contribution in [2.24, 2.45) is 0 Å². The number of benzene rings is 2. The molecule has 0 radical (unpaired) electrons. The van der Waals surface area contributed by atoms with E-state index in [1.165, 1.54) is 23.5 Å². The molecule has 0 saturated carbocycles. The fourth-order valence-corrected chi connectivity index (χ4v) is 4.21. The van der Waals surface area contributed by atoms with Gasteiger partial charge in [-0.25, -0.2) is 4.39 Å². The third-order valence-corrected chi connectivity index (χ3v) is 5.77. The van der Waals surface area contributed by atoms with Gasteiger partial charge in [0.2, 0.25) is 5.13 Å². The summed E-state index contributed by atoms with van der Waals surface area (Å²) in [7, 11) is 0. The number of aromatic nitrogens is 2. The van der Waals surface area contributed by atoms with E-state index in [-0.39, 0.29) is 5.91 Å². The standard InChI is InChI=1S/C19H16ClFN4OS/c20-16-7-2-1-6-15(16)17-22-23-19(27-17)25-10-8-24(9-11-25)18(26)13-4-3-5-14(21)12-13/h1-7,12H,8-11H2. The van der Waals surface area contributed by atoms with Gasteiger partial charge in [0, 0.05) is 37.3 Å². The van der Waals surface area contributed by atoms with E-state index in [0.29, 0.717) is 36.8 Å². The van der Waals surface area contributed by atoms with Gasteiger partial charge in [-0.15, -0.1) is 10.2 Å². The first-order chi connectivity index (χ1) is 13.1. The van der Waals surface area contributed by atoms with E-state index in [1.54, 1.807) is 17.0 Å². The highest BCUT2D eigenvalue weighted by atomic mass is 35.5. The van der Waals surface area contributed by atoms with Gasteiger partial charge in [0.05, 0.1) is 5.02 Å². The molecule has 3 aromatic rings. The summed E-state index contributed by atoms with van der Waals surface area (Å²) in [4.78, 5) is 16.4. The van der Waals surface area contributed by atoms with Crippen LogP contribution >= 0.6 is 22.9 Å². The van der Waals surface area contributed by atoms with Crippen molar-refractivity contribution in [1.82, 2.24) is 15.1 Å². The quantitative estimate of drug-likeness (QED) is 0.665. The number of carbonyl (C=O) groups excluding carboxylic acids is 1. The number of anilines is 1. The first-order valence-electron chi connectivity index (χ1n) is 8.50. The van der Waals surface area contributed by atoms with Crippen LogP contribution in [-0.4, -0.2) is 47.2 Å². The maximum absolute atomic E-state index is 13.3. The first kappa shape index (κ1) is 17.9. The van der Waals surface area contributed by atoms with E-state index < -0.39 is 5.82 Å². The van der Waals surface area contributed by atoms with Gasteiger partial charge < -0.3 is 9.80 Å². The molecule has 0 aliphatic carbocycles. The second kappa shape index (κ2) is 7.62. The van der Waals surface area contributed by atoms with Crippen molar-refractivity contribution in [3.8, 4) is 10.6 Å². The van der Waals surface area contributed by atoms with Crippen molar-refractivity contribution in [3.63, 3.8) is 0 Å². The van der Waals surface area contributed by atoms with Crippen LogP contribution in [0.5, 0.6) is 0 Å². The van der Waals surface area contributed by atoms with E-state index in [0.717, 1.165) is 15.7 Å². The average molecular weight is 403 g/mol. The van der Waals surface area contributed by atoms with Crippen molar-refractivity contribution in [2.75, 3.05) is 31.1 Å². The second-order valence-corrected chi connectivity index (χ2v) is 7.52. The zero-order chi connectivity index (χ0) is 18.8. The molecule has 8 heteroatoms. The summed E-state index contributed by atoms with van der Waals surface area (Å²) in [5, 5.41) is 10.8. The van der Waals surface area contributed by atoms with Gasteiger partial charge in [-0.3, -0.25) is 4.79 Å². The summed E-state index contributed by atoms with van der Waals surface area (Å²) in [6.07, 6.45) is 0. The lowest BCUT2D eigenvalue weighted by Gasteiger charge is -2.34. The molecule has 0 spiro atoms. The largest absolute Gasteiger partial charge is 0.343 e. The summed E-state index contributed by atoms with van der Waals surface area (Å²) >= 11 is 7.71. The highest BCUT2D eigenvalue weighted by Gasteiger charge is 2.24. The van der Waals surface area contributed by atoms with Crippen molar-refractivity contribution in [3.05, 3.63) is 64.9 Å². The van der Waals surface area contributed by atoms with Gasteiger partial charge in [-0.05, 0) is 24.3 Å². The van der Waals surface area contributed by atoms with Crippen molar-refractivity contribution in [1.29, 1.82) is 0 Å². The fraction of sp³-hybridized carbons (Fsp3) is 0.211. The second-order valence-electron chi connectivity index (χ2n) is 6.16. The molecule has 5 nitrogen and oxygen atoms in total. The molecule has 2 aromatic carbocycles. The molecule has 0 unspecified atom stereocenters. The predicted octanol–water partition coefficient (Wildman–Crippen LogP) is 3.96. The summed E-state index contributed by atoms with van der Waals surface area (Å²) in [6.45, 7) is 2.41. The Kier molecular flexibility index (Phi) is 5.05. The molecule has 1 aromatic heterocycles. The number of halogens is 2. The van der Waals surface area contributed by atoms with E-state index >= 15 is 0 Å². The van der Waals surface area contributed by atoms with E-state index in [2.05, 4.69) is 15.1 Å². The van der Waals surface area contributed by atoms with E-state index in [1.807, 2.05) is 24.3 Å². The van der Waals surface area contributed by atoms with Crippen LogP contribution in [0.1, 0.15) is 10.4 Å². The van der Waals surface area contributed by atoms with Gasteiger partial charge in [0.15, 0.2) is 5.01 Å². The van der Waals surface area contributed by atoms with E-state index in [9.17, 15) is 9.18 Å². The Balaban J connectivity index is 1.43. The molecule has 27 heavy (non-hydrogen) atoms. The van der Waals surface area contributed by atoms with Crippen molar-refractivity contribution < 1.29 is 9.18 Å². The van der Waals surface area contributed by atoms with Crippen LogP contribution in [0.25, 0.3) is 10.6 Å². The minimum atomic E-state index is -0.402. The molecule has 0 N–H and O–H groups in total. The van der Waals surface area contributed by atoms with Crippen LogP contribution in [-0.2, 0) is 0 Å². The zero-order valence-corrected chi connectivity index (χ0v) is 15.9. The molecule has 0 bridgehead atoms. The van der Waals surface area contributed by atoms with Crippen LogP contribution in [0, 0.1) is 5.82 Å². The molecule has 1 fully saturated rings. The molecule has 1 saturated heterocycles. The van der Waals surface area contributed by atoms with Crippen LogP contribution in [0.4, 0.5) is 9.52 Å². The van der Waals surface area contributed by atoms with Crippen LogP contribution in [0.15, 0.2) is 48.5 Å². The maximum Gasteiger partial charge on any atom is 0.254 e. The number of rotatable bonds is 3. The lowest BCUT2D eigenvalue weighted by Crippen LogP contribution is -2.48. The Morgan fingerprint density at radius 2 is 1.81 bits per heavy atom. The highest BCUT2D eigenvalue weighted by molar-refractivity contribution is 7.18. The monoisotopic (exact) mass is 402 g/mol. The minimum absolute atomic E-state index is 0.150. The van der Waals surface area contributed by atoms with Gasteiger partial charge >= 0.3 is 0 Å². The van der Waals surface area contributed by atoms with Gasteiger partial charge in [-0.2, -0.15) is 0 Å². The minimum Gasteiger partial charge on any atom is -0.343 e. The Bertz CT molecular complexity index is 972. The third-order valence-electron chi connectivity index (χ3n) is 4.43. The third kappa shape index (κ3) is 3.79.